The van der Waals surface area contributed by atoms with Gasteiger partial charge in [-0.3, -0.25) is 4.79 Å². The lowest BCUT2D eigenvalue weighted by Crippen LogP contribution is -2.06. The molecule has 0 bridgehead atoms. The summed E-state index contributed by atoms with van der Waals surface area (Å²) in [6.07, 6.45) is 5.21. The number of rotatable bonds is 6. The summed E-state index contributed by atoms with van der Waals surface area (Å²) in [4.78, 5) is 12.1. The van der Waals surface area contributed by atoms with Gasteiger partial charge in [-0.1, -0.05) is 0 Å². The van der Waals surface area contributed by atoms with Crippen LogP contribution in [0, 0.1) is 6.92 Å². The standard InChI is InChI=1S/C16H22O3/c1-12-11-13(8-9-16(12)18-2)15(17)7-3-5-14-6-4-10-19-14/h8-9,11,14H,3-7,10H2,1-2H3. The van der Waals surface area contributed by atoms with Crippen molar-refractivity contribution in [1.29, 1.82) is 0 Å². The van der Waals surface area contributed by atoms with E-state index in [1.165, 1.54) is 0 Å². The molecule has 19 heavy (non-hydrogen) atoms. The van der Waals surface area contributed by atoms with Gasteiger partial charge in [-0.15, -0.1) is 0 Å². The van der Waals surface area contributed by atoms with E-state index >= 15 is 0 Å². The molecule has 1 fully saturated rings. The number of hydrogen-bond donors (Lipinski definition) is 0. The number of aryl methyl sites for hydroxylation is 1. The number of hydrogen-bond acceptors (Lipinski definition) is 3. The summed E-state index contributed by atoms with van der Waals surface area (Å²) in [7, 11) is 1.64. The Morgan fingerprint density at radius 3 is 2.95 bits per heavy atom. The summed E-state index contributed by atoms with van der Waals surface area (Å²) < 4.78 is 10.8. The number of methoxy groups -OCH3 is 1. The fourth-order valence-corrected chi connectivity index (χ4v) is 2.56. The van der Waals surface area contributed by atoms with Crippen molar-refractivity contribution in [2.24, 2.45) is 0 Å². The molecule has 0 aliphatic carbocycles. The molecule has 0 aromatic heterocycles. The molecule has 1 aliphatic heterocycles. The summed E-state index contributed by atoms with van der Waals surface area (Å²) >= 11 is 0. The van der Waals surface area contributed by atoms with E-state index in [0.717, 1.165) is 49.2 Å². The predicted molar refractivity (Wildman–Crippen MR) is 74.9 cm³/mol. The van der Waals surface area contributed by atoms with E-state index in [0.29, 0.717) is 12.5 Å². The minimum atomic E-state index is 0.212. The van der Waals surface area contributed by atoms with Crippen molar-refractivity contribution in [3.8, 4) is 5.75 Å². The molecule has 0 amide bonds. The Balaban J connectivity index is 1.83. The minimum absolute atomic E-state index is 0.212. The molecule has 1 aromatic rings. The van der Waals surface area contributed by atoms with Gasteiger partial charge in [-0.05, 0) is 56.4 Å². The lowest BCUT2D eigenvalue weighted by Gasteiger charge is -2.09. The molecule has 0 radical (unpaired) electrons. The molecular weight excluding hydrogens is 240 g/mol. The van der Waals surface area contributed by atoms with Crippen LogP contribution in [0.5, 0.6) is 5.75 Å². The highest BCUT2D eigenvalue weighted by atomic mass is 16.5. The molecule has 1 heterocycles. The predicted octanol–water partition coefficient (Wildman–Crippen LogP) is 3.54. The van der Waals surface area contributed by atoms with Crippen LogP contribution in [0.2, 0.25) is 0 Å². The molecule has 1 atom stereocenters. The van der Waals surface area contributed by atoms with Gasteiger partial charge in [-0.2, -0.15) is 0 Å². The van der Waals surface area contributed by atoms with Gasteiger partial charge in [0.15, 0.2) is 5.78 Å². The Hall–Kier alpha value is -1.35. The molecule has 3 nitrogen and oxygen atoms in total. The zero-order valence-corrected chi connectivity index (χ0v) is 11.8. The summed E-state index contributed by atoms with van der Waals surface area (Å²) in [6, 6.07) is 5.62. The first-order valence-electron chi connectivity index (χ1n) is 7.00. The first-order chi connectivity index (χ1) is 9.20. The molecular formula is C16H22O3. The van der Waals surface area contributed by atoms with Crippen LogP contribution in [0.3, 0.4) is 0 Å². The van der Waals surface area contributed by atoms with E-state index in [4.69, 9.17) is 9.47 Å². The molecule has 0 N–H and O–H groups in total. The number of ether oxygens (including phenoxy) is 2. The Kier molecular flexibility index (Phi) is 4.97. The second-order valence-corrected chi connectivity index (χ2v) is 5.13. The second-order valence-electron chi connectivity index (χ2n) is 5.13. The normalized spacial score (nSPS) is 18.5. The van der Waals surface area contributed by atoms with Crippen LogP contribution >= 0.6 is 0 Å². The third-order valence-electron chi connectivity index (χ3n) is 3.67. The van der Waals surface area contributed by atoms with Gasteiger partial charge in [0, 0.05) is 18.6 Å². The van der Waals surface area contributed by atoms with Crippen molar-refractivity contribution in [3.63, 3.8) is 0 Å². The van der Waals surface area contributed by atoms with Gasteiger partial charge in [-0.25, -0.2) is 0 Å². The molecule has 3 heteroatoms. The smallest absolute Gasteiger partial charge is 0.162 e. The van der Waals surface area contributed by atoms with Gasteiger partial charge in [0.2, 0.25) is 0 Å². The lowest BCUT2D eigenvalue weighted by atomic mass is 10.0. The summed E-state index contributed by atoms with van der Waals surface area (Å²) in [6.45, 7) is 2.85. The summed E-state index contributed by atoms with van der Waals surface area (Å²) in [5.41, 5.74) is 1.79. The third kappa shape index (κ3) is 3.80. The summed E-state index contributed by atoms with van der Waals surface area (Å²) in [5.74, 6) is 1.04. The maximum Gasteiger partial charge on any atom is 0.162 e. The highest BCUT2D eigenvalue weighted by molar-refractivity contribution is 5.96. The van der Waals surface area contributed by atoms with Gasteiger partial charge in [0.25, 0.3) is 0 Å². The highest BCUT2D eigenvalue weighted by Crippen LogP contribution is 2.21. The number of carbonyl (C=O) groups is 1. The van der Waals surface area contributed by atoms with Gasteiger partial charge in [0.1, 0.15) is 5.75 Å². The monoisotopic (exact) mass is 262 g/mol. The van der Waals surface area contributed by atoms with Gasteiger partial charge >= 0.3 is 0 Å². The lowest BCUT2D eigenvalue weighted by molar-refractivity contribution is 0.0922. The quantitative estimate of drug-likeness (QED) is 0.736. The number of carbonyl (C=O) groups excluding carboxylic acids is 1. The van der Waals surface area contributed by atoms with E-state index in [-0.39, 0.29) is 5.78 Å². The second kappa shape index (κ2) is 6.71. The summed E-state index contributed by atoms with van der Waals surface area (Å²) in [5, 5.41) is 0. The topological polar surface area (TPSA) is 35.5 Å². The molecule has 104 valence electrons. The number of ketones is 1. The van der Waals surface area contributed by atoms with Crippen molar-refractivity contribution >= 4 is 5.78 Å². The van der Waals surface area contributed by atoms with Crippen molar-refractivity contribution in [3.05, 3.63) is 29.3 Å². The maximum absolute atomic E-state index is 12.1. The van der Waals surface area contributed by atoms with Crippen LogP contribution in [-0.2, 0) is 4.74 Å². The Morgan fingerprint density at radius 1 is 1.47 bits per heavy atom. The molecule has 1 saturated heterocycles. The van der Waals surface area contributed by atoms with Gasteiger partial charge in [0.05, 0.1) is 13.2 Å². The Bertz CT molecular complexity index is 434. The first kappa shape index (κ1) is 14.1. The van der Waals surface area contributed by atoms with Crippen LogP contribution < -0.4 is 4.74 Å². The average Bonchev–Trinajstić information content (AvgIpc) is 2.91. The average molecular weight is 262 g/mol. The molecule has 0 saturated carbocycles. The van der Waals surface area contributed by atoms with E-state index in [1.807, 2.05) is 25.1 Å². The minimum Gasteiger partial charge on any atom is -0.496 e. The SMILES string of the molecule is COc1ccc(C(=O)CCCC2CCCO2)cc1C. The van der Waals surface area contributed by atoms with Crippen molar-refractivity contribution in [2.45, 2.75) is 45.1 Å². The van der Waals surface area contributed by atoms with Crippen LogP contribution in [-0.4, -0.2) is 25.6 Å². The fraction of sp³-hybridized carbons (Fsp3) is 0.562. The van der Waals surface area contributed by atoms with Crippen molar-refractivity contribution < 1.29 is 14.3 Å². The van der Waals surface area contributed by atoms with E-state index in [2.05, 4.69) is 0 Å². The number of Topliss-reactive ketones (excluding diaryl/α,β-unsaturated/α-hetero) is 1. The number of benzene rings is 1. The fourth-order valence-electron chi connectivity index (χ4n) is 2.56. The highest BCUT2D eigenvalue weighted by Gasteiger charge is 2.16. The van der Waals surface area contributed by atoms with Crippen LogP contribution in [0.1, 0.15) is 48.0 Å². The Labute approximate surface area is 114 Å². The van der Waals surface area contributed by atoms with Crippen LogP contribution in [0.4, 0.5) is 0 Å². The molecule has 1 unspecified atom stereocenters. The van der Waals surface area contributed by atoms with Crippen LogP contribution in [0.15, 0.2) is 18.2 Å². The third-order valence-corrected chi connectivity index (χ3v) is 3.67. The Morgan fingerprint density at radius 2 is 2.32 bits per heavy atom. The van der Waals surface area contributed by atoms with E-state index < -0.39 is 0 Å². The zero-order valence-electron chi connectivity index (χ0n) is 11.8. The van der Waals surface area contributed by atoms with Crippen LogP contribution in [0.25, 0.3) is 0 Å². The largest absolute Gasteiger partial charge is 0.496 e. The first-order valence-corrected chi connectivity index (χ1v) is 7.00. The molecule has 1 aromatic carbocycles. The zero-order chi connectivity index (χ0) is 13.7. The van der Waals surface area contributed by atoms with E-state index in [1.54, 1.807) is 7.11 Å². The molecule has 0 spiro atoms. The van der Waals surface area contributed by atoms with Crippen molar-refractivity contribution in [1.82, 2.24) is 0 Å². The molecule has 1 aliphatic rings. The molecule has 2 rings (SSSR count). The van der Waals surface area contributed by atoms with Gasteiger partial charge < -0.3 is 9.47 Å². The maximum atomic E-state index is 12.1. The van der Waals surface area contributed by atoms with E-state index in [9.17, 15) is 4.79 Å². The van der Waals surface area contributed by atoms with Crippen molar-refractivity contribution in [2.75, 3.05) is 13.7 Å².